The molecular weight excluding hydrogens is 270 g/mol. The van der Waals surface area contributed by atoms with Gasteiger partial charge in [-0.25, -0.2) is 0 Å². The number of fused-ring (bicyclic) bond motifs is 1. The third kappa shape index (κ3) is 3.42. The van der Waals surface area contributed by atoms with Crippen molar-refractivity contribution in [1.82, 2.24) is 0 Å². The Hall–Kier alpha value is -1.88. The van der Waals surface area contributed by atoms with Gasteiger partial charge in [0.05, 0.1) is 12.7 Å². The van der Waals surface area contributed by atoms with Crippen LogP contribution in [0.4, 0.5) is 0 Å². The van der Waals surface area contributed by atoms with E-state index in [1.54, 1.807) is 25.1 Å². The summed E-state index contributed by atoms with van der Waals surface area (Å²) in [5.41, 5.74) is -0.700. The molecule has 0 saturated heterocycles. The number of carbonyl (C=O) groups is 1. The molecule has 21 heavy (non-hydrogen) atoms. The quantitative estimate of drug-likeness (QED) is 0.894. The van der Waals surface area contributed by atoms with Crippen LogP contribution in [0.3, 0.4) is 0 Å². The molecule has 2 N–H and O–H groups in total. The second kappa shape index (κ2) is 7.22. The Morgan fingerprint density at radius 3 is 2.62 bits per heavy atom. The van der Waals surface area contributed by atoms with E-state index < -0.39 is 5.60 Å². The van der Waals surface area contributed by atoms with Gasteiger partial charge in [-0.3, -0.25) is 10.2 Å². The van der Waals surface area contributed by atoms with E-state index in [-0.39, 0.29) is 18.1 Å². The minimum absolute atomic E-state index is 0.00981. The molecule has 0 saturated carbocycles. The maximum absolute atomic E-state index is 12.2. The molecule has 1 aromatic rings. The average Bonchev–Trinajstić information content (AvgIpc) is 2.53. The second-order valence-electron chi connectivity index (χ2n) is 4.73. The summed E-state index contributed by atoms with van der Waals surface area (Å²) in [5, 5.41) is 16.9. The third-order valence-electron chi connectivity index (χ3n) is 3.33. The molecule has 5 heteroatoms. The van der Waals surface area contributed by atoms with Crippen LogP contribution in [-0.2, 0) is 0 Å². The summed E-state index contributed by atoms with van der Waals surface area (Å²) >= 11 is 0. The van der Waals surface area contributed by atoms with Gasteiger partial charge in [0.1, 0.15) is 17.2 Å². The molecule has 1 heterocycles. The highest BCUT2D eigenvalue weighted by atomic mass is 16.5. The summed E-state index contributed by atoms with van der Waals surface area (Å²) in [6.07, 6.45) is 0.914. The highest BCUT2D eigenvalue weighted by molar-refractivity contribution is 6.48. The van der Waals surface area contributed by atoms with Crippen LogP contribution < -0.4 is 9.47 Å². The fraction of sp³-hybridized carbons (Fsp3) is 0.500. The number of nitrogens with one attached hydrogen (secondary N) is 1. The molecule has 5 nitrogen and oxygen atoms in total. The molecule has 0 radical (unpaired) electrons. The van der Waals surface area contributed by atoms with E-state index in [2.05, 4.69) is 0 Å². The average molecular weight is 293 g/mol. The van der Waals surface area contributed by atoms with Gasteiger partial charge in [-0.1, -0.05) is 13.8 Å². The van der Waals surface area contributed by atoms with Crippen LogP contribution in [-0.4, -0.2) is 35.9 Å². The fourth-order valence-corrected chi connectivity index (χ4v) is 2.16. The highest BCUT2D eigenvalue weighted by Crippen LogP contribution is 2.35. The van der Waals surface area contributed by atoms with E-state index in [4.69, 9.17) is 20.0 Å². The zero-order valence-electron chi connectivity index (χ0n) is 13.0. The van der Waals surface area contributed by atoms with Gasteiger partial charge in [-0.15, -0.1) is 0 Å². The zero-order valence-corrected chi connectivity index (χ0v) is 13.0. The first-order valence-electron chi connectivity index (χ1n) is 7.13. The van der Waals surface area contributed by atoms with Crippen molar-refractivity contribution in [3.63, 3.8) is 0 Å². The van der Waals surface area contributed by atoms with Crippen LogP contribution in [0.15, 0.2) is 18.2 Å². The Kier molecular flexibility index (Phi) is 5.90. The first kappa shape index (κ1) is 17.2. The minimum atomic E-state index is -0.971. The number of methoxy groups -OCH3 is 1. The van der Waals surface area contributed by atoms with Crippen molar-refractivity contribution in [2.75, 3.05) is 13.7 Å². The number of aliphatic hydroxyl groups excluding tert-OH is 1. The molecular formula is C16H23NO4. The maximum Gasteiger partial charge on any atom is 0.214 e. The molecule has 0 aliphatic carbocycles. The van der Waals surface area contributed by atoms with Crippen molar-refractivity contribution in [3.05, 3.63) is 23.8 Å². The number of hydrogen-bond acceptors (Lipinski definition) is 5. The summed E-state index contributed by atoms with van der Waals surface area (Å²) in [5.74, 6) is 0.672. The third-order valence-corrected chi connectivity index (χ3v) is 3.33. The van der Waals surface area contributed by atoms with Crippen molar-refractivity contribution < 1.29 is 19.4 Å². The monoisotopic (exact) mass is 293 g/mol. The van der Waals surface area contributed by atoms with Crippen LogP contribution in [0.25, 0.3) is 0 Å². The number of carbonyl (C=O) groups excluding carboxylic acids is 1. The number of ether oxygens (including phenoxy) is 2. The topological polar surface area (TPSA) is 79.6 Å². The van der Waals surface area contributed by atoms with Gasteiger partial charge in [0.15, 0.2) is 5.60 Å². The lowest BCUT2D eigenvalue weighted by molar-refractivity contribution is 0.0918. The lowest BCUT2D eigenvalue weighted by Gasteiger charge is -2.35. The molecule has 0 fully saturated rings. The Morgan fingerprint density at radius 1 is 1.38 bits per heavy atom. The summed E-state index contributed by atoms with van der Waals surface area (Å²) in [6, 6.07) is 4.97. The Morgan fingerprint density at radius 2 is 2.05 bits per heavy atom. The molecule has 1 unspecified atom stereocenters. The molecule has 0 spiro atoms. The summed E-state index contributed by atoms with van der Waals surface area (Å²) in [4.78, 5) is 12.2. The number of aliphatic hydroxyl groups is 1. The van der Waals surface area contributed by atoms with E-state index in [9.17, 15) is 4.79 Å². The number of benzene rings is 1. The Balaban J connectivity index is 0.00000106. The van der Waals surface area contributed by atoms with Crippen LogP contribution in [0.2, 0.25) is 0 Å². The lowest BCUT2D eigenvalue weighted by atomic mass is 9.86. The van der Waals surface area contributed by atoms with Crippen LogP contribution in [0.5, 0.6) is 11.5 Å². The predicted octanol–water partition coefficient (Wildman–Crippen LogP) is 2.85. The van der Waals surface area contributed by atoms with E-state index in [0.717, 1.165) is 0 Å². The summed E-state index contributed by atoms with van der Waals surface area (Å²) < 4.78 is 10.9. The molecule has 1 aliphatic heterocycles. The van der Waals surface area contributed by atoms with E-state index >= 15 is 0 Å². The maximum atomic E-state index is 12.2. The van der Waals surface area contributed by atoms with Crippen molar-refractivity contribution in [2.24, 2.45) is 0 Å². The molecule has 0 amide bonds. The standard InChI is InChI=1S/C14H17NO4.C2H6/c1-14(6-3-7-16)13(15)12(17)10-8-9(18-2)4-5-11(10)19-14;1-2/h4-5,8,15-16H,3,6-7H2,1-2H3;1-2H3. The second-order valence-corrected chi connectivity index (χ2v) is 4.73. The van der Waals surface area contributed by atoms with Gasteiger partial charge in [0, 0.05) is 6.61 Å². The molecule has 1 aliphatic rings. The summed E-state index contributed by atoms with van der Waals surface area (Å²) in [7, 11) is 1.52. The van der Waals surface area contributed by atoms with Gasteiger partial charge in [0.25, 0.3) is 0 Å². The van der Waals surface area contributed by atoms with Gasteiger partial charge >= 0.3 is 0 Å². The molecule has 1 atom stereocenters. The molecule has 1 aromatic carbocycles. The van der Waals surface area contributed by atoms with Gasteiger partial charge < -0.3 is 14.6 Å². The van der Waals surface area contributed by atoms with Crippen LogP contribution in [0, 0.1) is 5.41 Å². The number of ketones is 1. The predicted molar refractivity (Wildman–Crippen MR) is 81.8 cm³/mol. The number of rotatable bonds is 4. The van der Waals surface area contributed by atoms with Crippen molar-refractivity contribution in [3.8, 4) is 11.5 Å². The van der Waals surface area contributed by atoms with E-state index in [0.29, 0.717) is 29.9 Å². The molecule has 0 bridgehead atoms. The van der Waals surface area contributed by atoms with Crippen molar-refractivity contribution in [1.29, 1.82) is 5.41 Å². The molecule has 2 rings (SSSR count). The SMILES string of the molecule is CC.COc1ccc2c(c1)C(=O)C(=N)C(C)(CCCO)O2. The smallest absolute Gasteiger partial charge is 0.214 e. The van der Waals surface area contributed by atoms with Crippen LogP contribution in [0.1, 0.15) is 44.0 Å². The Bertz CT molecular complexity index is 527. The first-order valence-corrected chi connectivity index (χ1v) is 7.13. The largest absolute Gasteiger partial charge is 0.497 e. The molecule has 116 valence electrons. The highest BCUT2D eigenvalue weighted by Gasteiger charge is 2.41. The van der Waals surface area contributed by atoms with E-state index in [1.165, 1.54) is 7.11 Å². The normalized spacial score (nSPS) is 20.0. The Labute approximate surface area is 125 Å². The first-order chi connectivity index (χ1) is 10.0. The van der Waals surface area contributed by atoms with Gasteiger partial charge in [-0.05, 0) is 38.0 Å². The van der Waals surface area contributed by atoms with Crippen LogP contribution >= 0.6 is 0 Å². The minimum Gasteiger partial charge on any atom is -0.497 e. The van der Waals surface area contributed by atoms with Gasteiger partial charge in [0.2, 0.25) is 5.78 Å². The lowest BCUT2D eigenvalue weighted by Crippen LogP contribution is -2.48. The summed E-state index contributed by atoms with van der Waals surface area (Å²) in [6.45, 7) is 5.71. The molecule has 0 aromatic heterocycles. The zero-order chi connectivity index (χ0) is 16.0. The van der Waals surface area contributed by atoms with Crippen molar-refractivity contribution >= 4 is 11.5 Å². The van der Waals surface area contributed by atoms with E-state index in [1.807, 2.05) is 13.8 Å². The number of Topliss-reactive ketones (excluding diaryl/α,β-unsaturated/α-hetero) is 1. The number of hydrogen-bond donors (Lipinski definition) is 2. The fourth-order valence-electron chi connectivity index (χ4n) is 2.16. The van der Waals surface area contributed by atoms with Gasteiger partial charge in [-0.2, -0.15) is 0 Å². The van der Waals surface area contributed by atoms with Crippen molar-refractivity contribution in [2.45, 2.75) is 39.2 Å².